The summed E-state index contributed by atoms with van der Waals surface area (Å²) in [7, 11) is 0. The summed E-state index contributed by atoms with van der Waals surface area (Å²) >= 11 is 0. The van der Waals surface area contributed by atoms with Crippen molar-refractivity contribution in [3.63, 3.8) is 0 Å². The standard InChI is InChI=1S/C11H14FNO/c1-7(13)9-5-8-3-2-4-14-11(8)10(12)6-9/h5-7H,2-4,13H2,1H3/t7-/m1/s1. The minimum Gasteiger partial charge on any atom is -0.490 e. The molecule has 0 saturated heterocycles. The molecule has 1 heterocycles. The van der Waals surface area contributed by atoms with Crippen LogP contribution in [0.1, 0.15) is 30.5 Å². The second-order valence-corrected chi connectivity index (χ2v) is 3.73. The lowest BCUT2D eigenvalue weighted by molar-refractivity contribution is 0.273. The fourth-order valence-electron chi connectivity index (χ4n) is 1.72. The second kappa shape index (κ2) is 3.58. The molecule has 2 rings (SSSR count). The summed E-state index contributed by atoms with van der Waals surface area (Å²) in [6.07, 6.45) is 1.83. The average molecular weight is 195 g/mol. The van der Waals surface area contributed by atoms with Crippen molar-refractivity contribution in [1.82, 2.24) is 0 Å². The van der Waals surface area contributed by atoms with Crippen LogP contribution >= 0.6 is 0 Å². The van der Waals surface area contributed by atoms with Crippen LogP contribution in [-0.2, 0) is 6.42 Å². The average Bonchev–Trinajstić information content (AvgIpc) is 2.17. The van der Waals surface area contributed by atoms with Crippen LogP contribution in [-0.4, -0.2) is 6.61 Å². The van der Waals surface area contributed by atoms with Crippen LogP contribution in [0.15, 0.2) is 12.1 Å². The molecule has 0 aromatic heterocycles. The van der Waals surface area contributed by atoms with E-state index < -0.39 is 0 Å². The summed E-state index contributed by atoms with van der Waals surface area (Å²) in [5.74, 6) is 0.134. The molecule has 0 aliphatic carbocycles. The van der Waals surface area contributed by atoms with Crippen LogP contribution in [0, 0.1) is 5.82 Å². The van der Waals surface area contributed by atoms with Gasteiger partial charge in [-0.25, -0.2) is 4.39 Å². The topological polar surface area (TPSA) is 35.2 Å². The Morgan fingerprint density at radius 1 is 1.50 bits per heavy atom. The highest BCUT2D eigenvalue weighted by Gasteiger charge is 2.17. The molecule has 0 bridgehead atoms. The molecule has 2 nitrogen and oxygen atoms in total. The molecule has 1 atom stereocenters. The summed E-state index contributed by atoms with van der Waals surface area (Å²) in [4.78, 5) is 0. The normalized spacial score (nSPS) is 17.1. The lowest BCUT2D eigenvalue weighted by atomic mass is 10.00. The fourth-order valence-corrected chi connectivity index (χ4v) is 1.72. The second-order valence-electron chi connectivity index (χ2n) is 3.73. The molecule has 76 valence electrons. The van der Waals surface area contributed by atoms with E-state index in [2.05, 4.69) is 0 Å². The SMILES string of the molecule is C[C@@H](N)c1cc(F)c2c(c1)CCCO2. The highest BCUT2D eigenvalue weighted by Crippen LogP contribution is 2.30. The van der Waals surface area contributed by atoms with Gasteiger partial charge in [-0.2, -0.15) is 0 Å². The minimum absolute atomic E-state index is 0.128. The number of halogens is 1. The number of benzene rings is 1. The van der Waals surface area contributed by atoms with Gasteiger partial charge in [0.2, 0.25) is 0 Å². The Hall–Kier alpha value is -1.09. The summed E-state index contributed by atoms with van der Waals surface area (Å²) in [6.45, 7) is 2.46. The first-order valence-electron chi connectivity index (χ1n) is 4.89. The van der Waals surface area contributed by atoms with Crippen molar-refractivity contribution in [3.8, 4) is 5.75 Å². The fraction of sp³-hybridized carbons (Fsp3) is 0.455. The predicted octanol–water partition coefficient (Wildman–Crippen LogP) is 2.17. The summed E-state index contributed by atoms with van der Waals surface area (Å²) in [6, 6.07) is 3.29. The van der Waals surface area contributed by atoms with Gasteiger partial charge in [0, 0.05) is 6.04 Å². The van der Waals surface area contributed by atoms with Gasteiger partial charge in [-0.1, -0.05) is 6.07 Å². The van der Waals surface area contributed by atoms with E-state index in [1.807, 2.05) is 13.0 Å². The number of ether oxygens (including phenoxy) is 1. The van der Waals surface area contributed by atoms with Crippen molar-refractivity contribution in [2.24, 2.45) is 5.73 Å². The van der Waals surface area contributed by atoms with E-state index in [4.69, 9.17) is 10.5 Å². The first-order chi connectivity index (χ1) is 6.68. The molecule has 0 spiro atoms. The van der Waals surface area contributed by atoms with E-state index in [9.17, 15) is 4.39 Å². The molecule has 14 heavy (non-hydrogen) atoms. The van der Waals surface area contributed by atoms with E-state index in [0.29, 0.717) is 12.4 Å². The third-order valence-electron chi connectivity index (χ3n) is 2.51. The number of fused-ring (bicyclic) bond motifs is 1. The van der Waals surface area contributed by atoms with E-state index in [-0.39, 0.29) is 11.9 Å². The Kier molecular flexibility index (Phi) is 2.42. The molecule has 1 aliphatic heterocycles. The van der Waals surface area contributed by atoms with Gasteiger partial charge in [0.05, 0.1) is 6.61 Å². The third-order valence-corrected chi connectivity index (χ3v) is 2.51. The van der Waals surface area contributed by atoms with Crippen LogP contribution in [0.4, 0.5) is 4.39 Å². The van der Waals surface area contributed by atoms with Crippen molar-refractivity contribution >= 4 is 0 Å². The van der Waals surface area contributed by atoms with Crippen molar-refractivity contribution < 1.29 is 9.13 Å². The number of aryl methyl sites for hydroxylation is 1. The first-order valence-corrected chi connectivity index (χ1v) is 4.89. The van der Waals surface area contributed by atoms with Gasteiger partial charge in [-0.05, 0) is 37.0 Å². The van der Waals surface area contributed by atoms with Crippen LogP contribution in [0.5, 0.6) is 5.75 Å². The van der Waals surface area contributed by atoms with Gasteiger partial charge in [0.15, 0.2) is 11.6 Å². The van der Waals surface area contributed by atoms with Crippen molar-refractivity contribution in [2.75, 3.05) is 6.61 Å². The zero-order valence-electron chi connectivity index (χ0n) is 8.22. The first kappa shape index (κ1) is 9.46. The molecule has 1 aliphatic rings. The maximum absolute atomic E-state index is 13.5. The zero-order valence-corrected chi connectivity index (χ0v) is 8.22. The maximum Gasteiger partial charge on any atom is 0.165 e. The molecule has 0 fully saturated rings. The van der Waals surface area contributed by atoms with Crippen molar-refractivity contribution in [3.05, 3.63) is 29.1 Å². The molecule has 0 unspecified atom stereocenters. The molecular formula is C11H14FNO. The lowest BCUT2D eigenvalue weighted by Crippen LogP contribution is -2.13. The zero-order chi connectivity index (χ0) is 10.1. The van der Waals surface area contributed by atoms with Crippen molar-refractivity contribution in [1.29, 1.82) is 0 Å². The molecule has 3 heteroatoms. The van der Waals surface area contributed by atoms with Gasteiger partial charge in [0.1, 0.15) is 0 Å². The summed E-state index contributed by atoms with van der Waals surface area (Å²) in [5.41, 5.74) is 7.50. The molecule has 2 N–H and O–H groups in total. The monoisotopic (exact) mass is 195 g/mol. The van der Waals surface area contributed by atoms with E-state index in [1.54, 1.807) is 0 Å². The van der Waals surface area contributed by atoms with Crippen LogP contribution in [0.3, 0.4) is 0 Å². The van der Waals surface area contributed by atoms with Gasteiger partial charge in [-0.3, -0.25) is 0 Å². The van der Waals surface area contributed by atoms with Gasteiger partial charge < -0.3 is 10.5 Å². The number of hydrogen-bond donors (Lipinski definition) is 1. The van der Waals surface area contributed by atoms with Crippen molar-refractivity contribution in [2.45, 2.75) is 25.8 Å². The van der Waals surface area contributed by atoms with Gasteiger partial charge in [-0.15, -0.1) is 0 Å². The Bertz CT molecular complexity index is 349. The predicted molar refractivity (Wildman–Crippen MR) is 52.8 cm³/mol. The highest BCUT2D eigenvalue weighted by molar-refractivity contribution is 5.40. The van der Waals surface area contributed by atoms with Crippen LogP contribution < -0.4 is 10.5 Å². The third kappa shape index (κ3) is 1.60. The quantitative estimate of drug-likeness (QED) is 0.745. The Labute approximate surface area is 82.9 Å². The number of rotatable bonds is 1. The Morgan fingerprint density at radius 2 is 2.29 bits per heavy atom. The minimum atomic E-state index is -0.283. The van der Waals surface area contributed by atoms with Crippen LogP contribution in [0.25, 0.3) is 0 Å². The molecule has 0 amide bonds. The number of nitrogens with two attached hydrogens (primary N) is 1. The largest absolute Gasteiger partial charge is 0.490 e. The molecule has 0 radical (unpaired) electrons. The summed E-state index contributed by atoms with van der Waals surface area (Å²) in [5, 5.41) is 0. The highest BCUT2D eigenvalue weighted by atomic mass is 19.1. The van der Waals surface area contributed by atoms with E-state index in [0.717, 1.165) is 24.0 Å². The Balaban J connectivity index is 2.46. The molecule has 0 saturated carbocycles. The smallest absolute Gasteiger partial charge is 0.165 e. The summed E-state index contributed by atoms with van der Waals surface area (Å²) < 4.78 is 18.8. The molecule has 1 aromatic rings. The molecule has 1 aromatic carbocycles. The molecular weight excluding hydrogens is 181 g/mol. The van der Waals surface area contributed by atoms with E-state index in [1.165, 1.54) is 6.07 Å². The maximum atomic E-state index is 13.5. The lowest BCUT2D eigenvalue weighted by Gasteiger charge is -2.19. The van der Waals surface area contributed by atoms with Crippen LogP contribution in [0.2, 0.25) is 0 Å². The van der Waals surface area contributed by atoms with Gasteiger partial charge >= 0.3 is 0 Å². The Morgan fingerprint density at radius 3 is 3.00 bits per heavy atom. The number of hydrogen-bond acceptors (Lipinski definition) is 2. The van der Waals surface area contributed by atoms with E-state index >= 15 is 0 Å². The van der Waals surface area contributed by atoms with Gasteiger partial charge in [0.25, 0.3) is 0 Å².